The first kappa shape index (κ1) is 15.4. The Morgan fingerprint density at radius 1 is 1.05 bits per heavy atom. The lowest BCUT2D eigenvalue weighted by Gasteiger charge is -2.22. The summed E-state index contributed by atoms with van der Waals surface area (Å²) in [6.45, 7) is 0.414. The zero-order valence-corrected chi connectivity index (χ0v) is 11.7. The van der Waals surface area contributed by atoms with Crippen LogP contribution in [0.2, 0.25) is 0 Å². The summed E-state index contributed by atoms with van der Waals surface area (Å²) in [5.41, 5.74) is 6.38. The Kier molecular flexibility index (Phi) is 4.53. The summed E-state index contributed by atoms with van der Waals surface area (Å²) in [7, 11) is 1.77. The molecule has 0 bridgehead atoms. The van der Waals surface area contributed by atoms with E-state index in [1.54, 1.807) is 18.0 Å². The number of rotatable bonds is 4. The third kappa shape index (κ3) is 3.76. The second-order valence-electron chi connectivity index (χ2n) is 4.88. The van der Waals surface area contributed by atoms with Crippen molar-refractivity contribution in [1.82, 2.24) is 0 Å². The highest BCUT2D eigenvalue weighted by atomic mass is 19.4. The molecular weight excluding hydrogens is 277 g/mol. The molecule has 2 N–H and O–H groups in total. The van der Waals surface area contributed by atoms with E-state index in [0.29, 0.717) is 12.2 Å². The Morgan fingerprint density at radius 3 is 2.29 bits per heavy atom. The molecule has 5 heteroatoms. The molecule has 0 aliphatic heterocycles. The van der Waals surface area contributed by atoms with Gasteiger partial charge in [0.2, 0.25) is 0 Å². The van der Waals surface area contributed by atoms with Crippen LogP contribution in [-0.2, 0) is 19.3 Å². The van der Waals surface area contributed by atoms with Crippen LogP contribution in [0.3, 0.4) is 0 Å². The van der Waals surface area contributed by atoms with Gasteiger partial charge in [-0.2, -0.15) is 13.2 Å². The monoisotopic (exact) mass is 294 g/mol. The number of halogens is 3. The van der Waals surface area contributed by atoms with Crippen molar-refractivity contribution >= 4 is 5.69 Å². The molecule has 0 saturated carbocycles. The molecule has 112 valence electrons. The third-order valence-corrected chi connectivity index (χ3v) is 3.32. The van der Waals surface area contributed by atoms with Crippen LogP contribution in [0, 0.1) is 0 Å². The molecule has 0 aliphatic carbocycles. The third-order valence-electron chi connectivity index (χ3n) is 3.32. The van der Waals surface area contributed by atoms with E-state index in [-0.39, 0.29) is 12.1 Å². The predicted octanol–water partition coefficient (Wildman–Crippen LogP) is 3.80. The molecule has 0 atom stereocenters. The number of benzene rings is 2. The first-order valence-electron chi connectivity index (χ1n) is 6.57. The smallest absolute Gasteiger partial charge is 0.370 e. The van der Waals surface area contributed by atoms with Crippen LogP contribution in [0.15, 0.2) is 48.5 Å². The van der Waals surface area contributed by atoms with Crippen LogP contribution in [0.5, 0.6) is 0 Å². The van der Waals surface area contributed by atoms with Gasteiger partial charge in [-0.25, -0.2) is 0 Å². The molecule has 0 saturated heterocycles. The van der Waals surface area contributed by atoms with Gasteiger partial charge in [-0.15, -0.1) is 0 Å². The molecule has 21 heavy (non-hydrogen) atoms. The van der Waals surface area contributed by atoms with E-state index in [2.05, 4.69) is 0 Å². The van der Waals surface area contributed by atoms with E-state index in [9.17, 15) is 13.2 Å². The van der Waals surface area contributed by atoms with Crippen molar-refractivity contribution in [3.8, 4) is 0 Å². The summed E-state index contributed by atoms with van der Waals surface area (Å²) in [6, 6.07) is 13.9. The lowest BCUT2D eigenvalue weighted by molar-refractivity contribution is -0.138. The van der Waals surface area contributed by atoms with Gasteiger partial charge in [0.15, 0.2) is 0 Å². The molecule has 0 aliphatic rings. The number of hydrogen-bond acceptors (Lipinski definition) is 2. The van der Waals surface area contributed by atoms with E-state index in [0.717, 1.165) is 11.6 Å². The van der Waals surface area contributed by atoms with Gasteiger partial charge in [-0.1, -0.05) is 36.4 Å². The highest BCUT2D eigenvalue weighted by Crippen LogP contribution is 2.34. The topological polar surface area (TPSA) is 29.3 Å². The largest absolute Gasteiger partial charge is 0.416 e. The predicted molar refractivity (Wildman–Crippen MR) is 77.9 cm³/mol. The molecule has 2 rings (SSSR count). The van der Waals surface area contributed by atoms with Crippen LogP contribution in [0.1, 0.15) is 16.7 Å². The minimum Gasteiger partial charge on any atom is -0.370 e. The van der Waals surface area contributed by atoms with Crippen molar-refractivity contribution in [2.24, 2.45) is 5.73 Å². The highest BCUT2D eigenvalue weighted by Gasteiger charge is 2.33. The Bertz CT molecular complexity index is 594. The molecule has 2 aromatic carbocycles. The Labute approximate surface area is 122 Å². The zero-order valence-electron chi connectivity index (χ0n) is 11.7. The highest BCUT2D eigenvalue weighted by molar-refractivity contribution is 5.51. The second kappa shape index (κ2) is 6.18. The first-order valence-corrected chi connectivity index (χ1v) is 6.57. The fraction of sp³-hybridized carbons (Fsp3) is 0.250. The maximum Gasteiger partial charge on any atom is 0.416 e. The van der Waals surface area contributed by atoms with Crippen LogP contribution in [0.4, 0.5) is 18.9 Å². The van der Waals surface area contributed by atoms with Crippen molar-refractivity contribution < 1.29 is 13.2 Å². The summed E-state index contributed by atoms with van der Waals surface area (Å²) in [5.74, 6) is 0. The minimum atomic E-state index is -4.39. The fourth-order valence-corrected chi connectivity index (χ4v) is 2.19. The van der Waals surface area contributed by atoms with E-state index in [4.69, 9.17) is 5.73 Å². The first-order chi connectivity index (χ1) is 9.91. The van der Waals surface area contributed by atoms with Crippen molar-refractivity contribution in [2.45, 2.75) is 19.3 Å². The normalized spacial score (nSPS) is 11.5. The van der Waals surface area contributed by atoms with Crippen LogP contribution in [-0.4, -0.2) is 7.05 Å². The van der Waals surface area contributed by atoms with Crippen LogP contribution >= 0.6 is 0 Å². The van der Waals surface area contributed by atoms with Gasteiger partial charge in [0.25, 0.3) is 0 Å². The molecule has 2 aromatic rings. The molecule has 0 radical (unpaired) electrons. The quantitative estimate of drug-likeness (QED) is 0.929. The van der Waals surface area contributed by atoms with E-state index < -0.39 is 11.7 Å². The van der Waals surface area contributed by atoms with Gasteiger partial charge < -0.3 is 10.6 Å². The molecule has 0 aromatic heterocycles. The minimum absolute atomic E-state index is 0.111. The van der Waals surface area contributed by atoms with Gasteiger partial charge in [-0.05, 0) is 23.3 Å². The average molecular weight is 294 g/mol. The van der Waals surface area contributed by atoms with Crippen molar-refractivity contribution in [3.05, 3.63) is 65.2 Å². The van der Waals surface area contributed by atoms with E-state index in [1.807, 2.05) is 30.3 Å². The molecular formula is C16H17F3N2. The molecule has 2 nitrogen and oxygen atoms in total. The number of anilines is 1. The molecule has 0 unspecified atom stereocenters. The molecule has 0 heterocycles. The Morgan fingerprint density at radius 2 is 1.71 bits per heavy atom. The number of hydrogen-bond donors (Lipinski definition) is 1. The van der Waals surface area contributed by atoms with Gasteiger partial charge >= 0.3 is 6.18 Å². The maximum atomic E-state index is 13.0. The summed E-state index contributed by atoms with van der Waals surface area (Å²) in [6.07, 6.45) is -4.39. The van der Waals surface area contributed by atoms with E-state index >= 15 is 0 Å². The average Bonchev–Trinajstić information content (AvgIpc) is 2.46. The standard InChI is InChI=1S/C16H17F3N2/c1-21(11-12-5-3-2-4-6-12)14-8-7-13(10-20)15(9-14)16(17,18)19/h2-9H,10-11,20H2,1H3. The number of nitrogens with two attached hydrogens (primary N) is 1. The van der Waals surface area contributed by atoms with Crippen LogP contribution < -0.4 is 10.6 Å². The summed E-state index contributed by atoms with van der Waals surface area (Å²) in [4.78, 5) is 1.78. The van der Waals surface area contributed by atoms with Gasteiger partial charge in [0.05, 0.1) is 5.56 Å². The maximum absolute atomic E-state index is 13.0. The lowest BCUT2D eigenvalue weighted by Crippen LogP contribution is -2.18. The SMILES string of the molecule is CN(Cc1ccccc1)c1ccc(CN)c(C(F)(F)F)c1. The summed E-state index contributed by atoms with van der Waals surface area (Å²) < 4.78 is 39.1. The fourth-order valence-electron chi connectivity index (χ4n) is 2.19. The van der Waals surface area contributed by atoms with Gasteiger partial charge in [0.1, 0.15) is 0 Å². The number of alkyl halides is 3. The van der Waals surface area contributed by atoms with Crippen molar-refractivity contribution in [2.75, 3.05) is 11.9 Å². The van der Waals surface area contributed by atoms with Crippen LogP contribution in [0.25, 0.3) is 0 Å². The van der Waals surface area contributed by atoms with Crippen molar-refractivity contribution in [3.63, 3.8) is 0 Å². The molecule has 0 fully saturated rings. The van der Waals surface area contributed by atoms with E-state index in [1.165, 1.54) is 6.07 Å². The molecule has 0 spiro atoms. The Balaban J connectivity index is 2.28. The van der Waals surface area contributed by atoms with Gasteiger partial charge in [0, 0.05) is 25.8 Å². The zero-order chi connectivity index (χ0) is 15.5. The Hall–Kier alpha value is -2.01. The summed E-state index contributed by atoms with van der Waals surface area (Å²) in [5, 5.41) is 0. The van der Waals surface area contributed by atoms with Gasteiger partial charge in [-0.3, -0.25) is 0 Å². The second-order valence-corrected chi connectivity index (χ2v) is 4.88. The number of nitrogens with zero attached hydrogens (tertiary/aromatic N) is 1. The summed E-state index contributed by atoms with van der Waals surface area (Å²) >= 11 is 0. The van der Waals surface area contributed by atoms with Crippen molar-refractivity contribution in [1.29, 1.82) is 0 Å². The lowest BCUT2D eigenvalue weighted by atomic mass is 10.1. The molecule has 0 amide bonds.